The number of carboxylic acid groups (broad SMARTS) is 1. The molecule has 0 fully saturated rings. The molecule has 0 amide bonds. The third-order valence-corrected chi connectivity index (χ3v) is 4.89. The lowest BCUT2D eigenvalue weighted by Crippen LogP contribution is -1.96. The topological polar surface area (TPSA) is 50.2 Å². The summed E-state index contributed by atoms with van der Waals surface area (Å²) in [5.41, 5.74) is 6.18. The van der Waals surface area contributed by atoms with E-state index in [4.69, 9.17) is 5.11 Å². The number of aliphatic carboxylic acids is 1. The Hall–Kier alpha value is -1.68. The highest BCUT2D eigenvalue weighted by atomic mass is 32.1. The van der Waals surface area contributed by atoms with Crippen LogP contribution < -0.4 is 0 Å². The molecular weight excluding hydrogens is 282 g/mol. The van der Waals surface area contributed by atoms with Crippen LogP contribution >= 0.6 is 11.3 Å². The van der Waals surface area contributed by atoms with Crippen molar-refractivity contribution in [2.45, 2.75) is 47.0 Å². The predicted octanol–water partition coefficient (Wildman–Crippen LogP) is 3.98. The zero-order valence-electron chi connectivity index (χ0n) is 13.0. The average Bonchev–Trinajstić information content (AvgIpc) is 2.71. The highest BCUT2D eigenvalue weighted by molar-refractivity contribution is 7.11. The van der Waals surface area contributed by atoms with Gasteiger partial charge in [0.15, 0.2) is 0 Å². The smallest absolute Gasteiger partial charge is 0.303 e. The molecule has 0 aliphatic carbocycles. The highest BCUT2D eigenvalue weighted by Gasteiger charge is 2.12. The largest absolute Gasteiger partial charge is 0.481 e. The number of carboxylic acids is 1. The van der Waals surface area contributed by atoms with E-state index < -0.39 is 5.97 Å². The predicted molar refractivity (Wildman–Crippen MR) is 86.3 cm³/mol. The number of aromatic nitrogens is 1. The summed E-state index contributed by atoms with van der Waals surface area (Å²) in [5, 5.41) is 9.86. The van der Waals surface area contributed by atoms with Crippen molar-refractivity contribution < 1.29 is 9.90 Å². The van der Waals surface area contributed by atoms with Gasteiger partial charge in [0, 0.05) is 11.3 Å². The number of nitrogens with zero attached hydrogens (tertiary/aromatic N) is 1. The van der Waals surface area contributed by atoms with Gasteiger partial charge < -0.3 is 5.11 Å². The Morgan fingerprint density at radius 3 is 2.38 bits per heavy atom. The number of benzene rings is 1. The standard InChI is InChI=1S/C17H21NO2S/c1-10-7-11(2)14(12(3)8-10)9-16-18-13(4)15(21-16)5-6-17(19)20/h7-8H,5-6,9H2,1-4H3,(H,19,20). The Kier molecular flexibility index (Phi) is 4.78. The van der Waals surface area contributed by atoms with E-state index >= 15 is 0 Å². The van der Waals surface area contributed by atoms with E-state index in [2.05, 4.69) is 37.9 Å². The molecule has 1 aromatic heterocycles. The van der Waals surface area contributed by atoms with Crippen LogP contribution in [-0.4, -0.2) is 16.1 Å². The van der Waals surface area contributed by atoms with E-state index in [1.807, 2.05) is 6.92 Å². The minimum Gasteiger partial charge on any atom is -0.481 e. The Morgan fingerprint density at radius 2 is 1.81 bits per heavy atom. The van der Waals surface area contributed by atoms with E-state index in [1.54, 1.807) is 11.3 Å². The monoisotopic (exact) mass is 303 g/mol. The Labute approximate surface area is 129 Å². The summed E-state index contributed by atoms with van der Waals surface area (Å²) in [6.45, 7) is 8.36. The number of rotatable bonds is 5. The van der Waals surface area contributed by atoms with Crippen molar-refractivity contribution in [3.63, 3.8) is 0 Å². The van der Waals surface area contributed by atoms with Crippen LogP contribution in [0.4, 0.5) is 0 Å². The molecule has 1 heterocycles. The molecule has 0 spiro atoms. The fraction of sp³-hybridized carbons (Fsp3) is 0.412. The van der Waals surface area contributed by atoms with Gasteiger partial charge in [-0.3, -0.25) is 4.79 Å². The van der Waals surface area contributed by atoms with Crippen molar-refractivity contribution in [3.8, 4) is 0 Å². The summed E-state index contributed by atoms with van der Waals surface area (Å²) in [4.78, 5) is 16.4. The molecule has 0 aliphatic rings. The first-order chi connectivity index (χ1) is 9.86. The van der Waals surface area contributed by atoms with E-state index in [0.717, 1.165) is 22.0 Å². The van der Waals surface area contributed by atoms with E-state index in [-0.39, 0.29) is 6.42 Å². The van der Waals surface area contributed by atoms with Crippen LogP contribution in [0.3, 0.4) is 0 Å². The minimum atomic E-state index is -0.755. The summed E-state index contributed by atoms with van der Waals surface area (Å²) in [6.07, 6.45) is 1.58. The molecule has 1 aromatic carbocycles. The molecule has 2 rings (SSSR count). The number of carbonyl (C=O) groups is 1. The number of aryl methyl sites for hydroxylation is 5. The molecule has 112 valence electrons. The molecular formula is C17H21NO2S. The maximum atomic E-state index is 10.7. The van der Waals surface area contributed by atoms with Gasteiger partial charge in [0.2, 0.25) is 0 Å². The number of hydrogen-bond donors (Lipinski definition) is 1. The van der Waals surface area contributed by atoms with E-state index in [1.165, 1.54) is 22.3 Å². The molecule has 0 saturated carbocycles. The number of thiazole rings is 1. The fourth-order valence-corrected chi connectivity index (χ4v) is 3.74. The maximum Gasteiger partial charge on any atom is 0.303 e. The Morgan fingerprint density at radius 1 is 1.19 bits per heavy atom. The molecule has 2 aromatic rings. The first-order valence-corrected chi connectivity index (χ1v) is 7.92. The Bertz CT molecular complexity index is 650. The van der Waals surface area contributed by atoms with Gasteiger partial charge in [-0.05, 0) is 50.8 Å². The minimum absolute atomic E-state index is 0.172. The third-order valence-electron chi connectivity index (χ3n) is 3.67. The molecule has 0 unspecified atom stereocenters. The summed E-state index contributed by atoms with van der Waals surface area (Å²) in [5.74, 6) is -0.755. The molecule has 21 heavy (non-hydrogen) atoms. The third kappa shape index (κ3) is 3.91. The summed E-state index contributed by atoms with van der Waals surface area (Å²) < 4.78 is 0. The Balaban J connectivity index is 2.21. The van der Waals surface area contributed by atoms with Crippen molar-refractivity contribution in [2.75, 3.05) is 0 Å². The number of hydrogen-bond acceptors (Lipinski definition) is 3. The summed E-state index contributed by atoms with van der Waals surface area (Å²) >= 11 is 1.64. The van der Waals surface area contributed by atoms with Crippen LogP contribution in [0.5, 0.6) is 0 Å². The molecule has 3 nitrogen and oxygen atoms in total. The molecule has 0 saturated heterocycles. The van der Waals surface area contributed by atoms with Crippen molar-refractivity contribution in [1.82, 2.24) is 4.98 Å². The average molecular weight is 303 g/mol. The van der Waals surface area contributed by atoms with Crippen LogP contribution in [0, 0.1) is 27.7 Å². The van der Waals surface area contributed by atoms with Gasteiger partial charge >= 0.3 is 5.97 Å². The second-order valence-electron chi connectivity index (χ2n) is 5.56. The van der Waals surface area contributed by atoms with Crippen LogP contribution in [-0.2, 0) is 17.6 Å². The van der Waals surface area contributed by atoms with Crippen LogP contribution in [0.25, 0.3) is 0 Å². The van der Waals surface area contributed by atoms with Crippen molar-refractivity contribution in [2.24, 2.45) is 0 Å². The highest BCUT2D eigenvalue weighted by Crippen LogP contribution is 2.25. The summed E-state index contributed by atoms with van der Waals surface area (Å²) in [6, 6.07) is 4.41. The van der Waals surface area contributed by atoms with Crippen molar-refractivity contribution >= 4 is 17.3 Å². The second-order valence-corrected chi connectivity index (χ2v) is 6.73. The lowest BCUT2D eigenvalue weighted by atomic mass is 9.98. The molecule has 0 atom stereocenters. The SMILES string of the molecule is Cc1cc(C)c(Cc2nc(C)c(CCC(=O)O)s2)c(C)c1. The van der Waals surface area contributed by atoms with Gasteiger partial charge in [0.1, 0.15) is 0 Å². The van der Waals surface area contributed by atoms with Gasteiger partial charge in [-0.2, -0.15) is 0 Å². The van der Waals surface area contributed by atoms with Crippen molar-refractivity contribution in [1.29, 1.82) is 0 Å². The van der Waals surface area contributed by atoms with Gasteiger partial charge in [0.05, 0.1) is 17.1 Å². The molecule has 0 aliphatic heterocycles. The van der Waals surface area contributed by atoms with Gasteiger partial charge in [-0.1, -0.05) is 17.7 Å². The molecule has 0 radical (unpaired) electrons. The zero-order valence-corrected chi connectivity index (χ0v) is 13.8. The van der Waals surface area contributed by atoms with Crippen LogP contribution in [0.2, 0.25) is 0 Å². The van der Waals surface area contributed by atoms with E-state index in [9.17, 15) is 4.79 Å². The molecule has 1 N–H and O–H groups in total. The first-order valence-electron chi connectivity index (χ1n) is 7.10. The van der Waals surface area contributed by atoms with Gasteiger partial charge in [-0.15, -0.1) is 11.3 Å². The molecule has 0 bridgehead atoms. The summed E-state index contributed by atoms with van der Waals surface area (Å²) in [7, 11) is 0. The van der Waals surface area contributed by atoms with Gasteiger partial charge in [0.25, 0.3) is 0 Å². The van der Waals surface area contributed by atoms with Gasteiger partial charge in [-0.25, -0.2) is 4.98 Å². The lowest BCUT2D eigenvalue weighted by molar-refractivity contribution is -0.136. The zero-order chi connectivity index (χ0) is 15.6. The van der Waals surface area contributed by atoms with Crippen LogP contribution in [0.1, 0.15) is 44.3 Å². The fourth-order valence-electron chi connectivity index (χ4n) is 2.66. The first kappa shape index (κ1) is 15.7. The normalized spacial score (nSPS) is 10.9. The second kappa shape index (κ2) is 6.39. The maximum absolute atomic E-state index is 10.7. The van der Waals surface area contributed by atoms with Crippen LogP contribution in [0.15, 0.2) is 12.1 Å². The lowest BCUT2D eigenvalue weighted by Gasteiger charge is -2.09. The molecule has 4 heteroatoms. The quantitative estimate of drug-likeness (QED) is 0.908. The van der Waals surface area contributed by atoms with Crippen molar-refractivity contribution in [3.05, 3.63) is 50.0 Å². The van der Waals surface area contributed by atoms with E-state index in [0.29, 0.717) is 6.42 Å².